The SMILES string of the molecule is CCCCCCCCCCCCC/C=C/[C@@H](O)[C@H](COC(=O)CCC(=O)O)NC(=O)CCCCC. The van der Waals surface area contributed by atoms with Crippen LogP contribution in [0.5, 0.6) is 0 Å². The summed E-state index contributed by atoms with van der Waals surface area (Å²) in [5.74, 6) is -1.93. The number of esters is 1. The monoisotopic (exact) mass is 497 g/mol. The van der Waals surface area contributed by atoms with Gasteiger partial charge in [0.15, 0.2) is 0 Å². The van der Waals surface area contributed by atoms with Crippen molar-refractivity contribution in [2.24, 2.45) is 0 Å². The lowest BCUT2D eigenvalue weighted by atomic mass is 10.0. The number of carbonyl (C=O) groups is 3. The van der Waals surface area contributed by atoms with Crippen LogP contribution >= 0.6 is 0 Å². The van der Waals surface area contributed by atoms with Crippen LogP contribution in [0.4, 0.5) is 0 Å². The van der Waals surface area contributed by atoms with Gasteiger partial charge in [-0.05, 0) is 19.3 Å². The second-order valence-corrected chi connectivity index (χ2v) is 9.45. The van der Waals surface area contributed by atoms with E-state index in [1.807, 2.05) is 6.08 Å². The van der Waals surface area contributed by atoms with Crippen LogP contribution < -0.4 is 5.32 Å². The Labute approximate surface area is 213 Å². The summed E-state index contributed by atoms with van der Waals surface area (Å²) in [6.07, 6.45) is 20.1. The van der Waals surface area contributed by atoms with Crippen LogP contribution in [0, 0.1) is 0 Å². The van der Waals surface area contributed by atoms with Gasteiger partial charge in [0.1, 0.15) is 6.61 Å². The molecule has 7 heteroatoms. The molecular formula is C28H51NO6. The van der Waals surface area contributed by atoms with Gasteiger partial charge in [0, 0.05) is 6.42 Å². The first-order valence-corrected chi connectivity index (χ1v) is 13.9. The van der Waals surface area contributed by atoms with Gasteiger partial charge in [0.25, 0.3) is 0 Å². The number of carboxylic acid groups (broad SMARTS) is 1. The minimum absolute atomic E-state index is 0.192. The summed E-state index contributed by atoms with van der Waals surface area (Å²) < 4.78 is 5.11. The molecule has 1 amide bonds. The van der Waals surface area contributed by atoms with Crippen LogP contribution in [0.1, 0.15) is 129 Å². The van der Waals surface area contributed by atoms with Crippen molar-refractivity contribution in [1.29, 1.82) is 0 Å². The highest BCUT2D eigenvalue weighted by Crippen LogP contribution is 2.12. The Morgan fingerprint density at radius 2 is 1.31 bits per heavy atom. The summed E-state index contributed by atoms with van der Waals surface area (Å²) in [7, 11) is 0. The molecule has 0 unspecified atom stereocenters. The predicted octanol–water partition coefficient (Wildman–Crippen LogP) is 6.08. The summed E-state index contributed by atoms with van der Waals surface area (Å²) in [6.45, 7) is 4.11. The number of aliphatic carboxylic acids is 1. The second-order valence-electron chi connectivity index (χ2n) is 9.45. The van der Waals surface area contributed by atoms with Crippen molar-refractivity contribution in [2.75, 3.05) is 6.61 Å². The van der Waals surface area contributed by atoms with E-state index in [0.717, 1.165) is 38.5 Å². The summed E-state index contributed by atoms with van der Waals surface area (Å²) in [5, 5.41) is 22.0. The van der Waals surface area contributed by atoms with Gasteiger partial charge in [0.2, 0.25) is 5.91 Å². The van der Waals surface area contributed by atoms with Crippen LogP contribution in [0.3, 0.4) is 0 Å². The average molecular weight is 498 g/mol. The van der Waals surface area contributed by atoms with Gasteiger partial charge in [-0.1, -0.05) is 103 Å². The smallest absolute Gasteiger partial charge is 0.306 e. The van der Waals surface area contributed by atoms with Crippen molar-refractivity contribution < 1.29 is 29.3 Å². The van der Waals surface area contributed by atoms with Crippen molar-refractivity contribution in [1.82, 2.24) is 5.32 Å². The molecule has 0 fully saturated rings. The van der Waals surface area contributed by atoms with E-state index >= 15 is 0 Å². The Bertz CT molecular complexity index is 578. The van der Waals surface area contributed by atoms with Gasteiger partial charge in [-0.3, -0.25) is 14.4 Å². The van der Waals surface area contributed by atoms with E-state index in [0.29, 0.717) is 6.42 Å². The lowest BCUT2D eigenvalue weighted by Crippen LogP contribution is -2.46. The first-order chi connectivity index (χ1) is 16.9. The second kappa shape index (κ2) is 23.8. The highest BCUT2D eigenvalue weighted by molar-refractivity contribution is 5.77. The van der Waals surface area contributed by atoms with Crippen molar-refractivity contribution in [2.45, 2.75) is 142 Å². The van der Waals surface area contributed by atoms with E-state index in [2.05, 4.69) is 19.2 Å². The molecule has 0 spiro atoms. The zero-order valence-corrected chi connectivity index (χ0v) is 22.3. The molecule has 0 rings (SSSR count). The van der Waals surface area contributed by atoms with Crippen LogP contribution in [0.15, 0.2) is 12.2 Å². The molecule has 204 valence electrons. The normalized spacial score (nSPS) is 13.0. The first-order valence-electron chi connectivity index (χ1n) is 13.9. The van der Waals surface area contributed by atoms with E-state index in [4.69, 9.17) is 9.84 Å². The Hall–Kier alpha value is -1.89. The molecule has 35 heavy (non-hydrogen) atoms. The number of carbonyl (C=O) groups excluding carboxylic acids is 2. The van der Waals surface area contributed by atoms with Gasteiger partial charge >= 0.3 is 11.9 Å². The molecule has 0 bridgehead atoms. The number of ether oxygens (including phenoxy) is 1. The third-order valence-electron chi connectivity index (χ3n) is 6.04. The number of nitrogens with one attached hydrogen (secondary N) is 1. The summed E-state index contributed by atoms with van der Waals surface area (Å²) in [4.78, 5) is 34.6. The maximum absolute atomic E-state index is 12.2. The molecule has 7 nitrogen and oxygen atoms in total. The molecule has 0 saturated carbocycles. The summed E-state index contributed by atoms with van der Waals surface area (Å²) in [6, 6.07) is -0.758. The summed E-state index contributed by atoms with van der Waals surface area (Å²) >= 11 is 0. The van der Waals surface area contributed by atoms with Gasteiger partial charge in [-0.15, -0.1) is 0 Å². The fourth-order valence-corrected chi connectivity index (χ4v) is 3.80. The number of aliphatic hydroxyl groups excluding tert-OH is 1. The fourth-order valence-electron chi connectivity index (χ4n) is 3.80. The Kier molecular flexibility index (Phi) is 22.5. The molecule has 0 aliphatic carbocycles. The van der Waals surface area contributed by atoms with E-state index in [9.17, 15) is 19.5 Å². The number of unbranched alkanes of at least 4 members (excludes halogenated alkanes) is 13. The highest BCUT2D eigenvalue weighted by Gasteiger charge is 2.21. The fraction of sp³-hybridized carbons (Fsp3) is 0.821. The summed E-state index contributed by atoms with van der Waals surface area (Å²) in [5.41, 5.74) is 0. The van der Waals surface area contributed by atoms with E-state index in [1.165, 1.54) is 57.8 Å². The number of amides is 1. The van der Waals surface area contributed by atoms with Gasteiger partial charge in [-0.25, -0.2) is 0 Å². The van der Waals surface area contributed by atoms with Crippen LogP contribution in [-0.4, -0.2) is 46.8 Å². The van der Waals surface area contributed by atoms with Crippen molar-refractivity contribution >= 4 is 17.8 Å². The molecule has 0 saturated heterocycles. The number of rotatable bonds is 24. The molecule has 0 aromatic heterocycles. The van der Waals surface area contributed by atoms with Crippen molar-refractivity contribution in [3.05, 3.63) is 12.2 Å². The Morgan fingerprint density at radius 1 is 0.771 bits per heavy atom. The lowest BCUT2D eigenvalue weighted by molar-refractivity contribution is -0.149. The number of carboxylic acids is 1. The highest BCUT2D eigenvalue weighted by atomic mass is 16.5. The molecule has 0 aliphatic heterocycles. The average Bonchev–Trinajstić information content (AvgIpc) is 2.83. The van der Waals surface area contributed by atoms with Crippen LogP contribution in [-0.2, 0) is 19.1 Å². The van der Waals surface area contributed by atoms with Gasteiger partial charge in [0.05, 0.1) is 25.0 Å². The number of aliphatic hydroxyl groups is 1. The standard InChI is InChI=1S/C28H51NO6/c1-3-5-7-8-9-10-11-12-13-14-15-16-18-19-25(30)24(29-26(31)20-17-6-4-2)23-35-28(34)22-21-27(32)33/h18-19,24-25,30H,3-17,20-23H2,1-2H3,(H,29,31)(H,32,33)/b19-18+/t24-,25+/m0/s1. The number of allylic oxidation sites excluding steroid dienone is 1. The van der Waals surface area contributed by atoms with Gasteiger partial charge < -0.3 is 20.3 Å². The Balaban J connectivity index is 4.27. The van der Waals surface area contributed by atoms with Crippen molar-refractivity contribution in [3.8, 4) is 0 Å². The molecule has 0 radical (unpaired) electrons. The quantitative estimate of drug-likeness (QED) is 0.0846. The van der Waals surface area contributed by atoms with E-state index < -0.39 is 24.1 Å². The molecule has 3 N–H and O–H groups in total. The predicted molar refractivity (Wildman–Crippen MR) is 140 cm³/mol. The molecule has 0 heterocycles. The number of hydrogen-bond donors (Lipinski definition) is 3. The minimum atomic E-state index is -1.08. The molecule has 0 aromatic rings. The zero-order chi connectivity index (χ0) is 26.2. The maximum Gasteiger partial charge on any atom is 0.306 e. The topological polar surface area (TPSA) is 113 Å². The van der Waals surface area contributed by atoms with E-state index in [-0.39, 0.29) is 25.4 Å². The maximum atomic E-state index is 12.2. The largest absolute Gasteiger partial charge is 0.481 e. The van der Waals surface area contributed by atoms with Crippen molar-refractivity contribution in [3.63, 3.8) is 0 Å². The Morgan fingerprint density at radius 3 is 1.89 bits per heavy atom. The molecule has 0 aliphatic rings. The first kappa shape index (κ1) is 33.1. The molecular weight excluding hydrogens is 446 g/mol. The molecule has 0 aromatic carbocycles. The van der Waals surface area contributed by atoms with E-state index in [1.54, 1.807) is 6.08 Å². The number of hydrogen-bond acceptors (Lipinski definition) is 5. The third kappa shape index (κ3) is 22.3. The van der Waals surface area contributed by atoms with Crippen LogP contribution in [0.25, 0.3) is 0 Å². The molecule has 2 atom stereocenters. The lowest BCUT2D eigenvalue weighted by Gasteiger charge is -2.22. The minimum Gasteiger partial charge on any atom is -0.481 e. The third-order valence-corrected chi connectivity index (χ3v) is 6.04. The van der Waals surface area contributed by atoms with Gasteiger partial charge in [-0.2, -0.15) is 0 Å². The zero-order valence-electron chi connectivity index (χ0n) is 22.3. The van der Waals surface area contributed by atoms with Crippen LogP contribution in [0.2, 0.25) is 0 Å².